The number of benzene rings is 1. The number of rotatable bonds is 2. The van der Waals surface area contributed by atoms with E-state index in [1.807, 2.05) is 0 Å². The van der Waals surface area contributed by atoms with Gasteiger partial charge in [0.05, 0.1) is 18.7 Å². The number of carboxylic acids is 1. The molecule has 114 valence electrons. The van der Waals surface area contributed by atoms with Gasteiger partial charge in [0.2, 0.25) is 0 Å². The molecule has 0 aliphatic carbocycles. The van der Waals surface area contributed by atoms with Crippen molar-refractivity contribution in [3.8, 4) is 0 Å². The van der Waals surface area contributed by atoms with Gasteiger partial charge in [-0.2, -0.15) is 13.2 Å². The average Bonchev–Trinajstić information content (AvgIpc) is 2.45. The Balaban J connectivity index is 2.10. The highest BCUT2D eigenvalue weighted by atomic mass is 19.4. The summed E-state index contributed by atoms with van der Waals surface area (Å²) in [7, 11) is 0. The summed E-state index contributed by atoms with van der Waals surface area (Å²) in [4.78, 5) is 22.6. The molecule has 1 saturated heterocycles. The second-order valence-corrected chi connectivity index (χ2v) is 4.54. The SMILES string of the molecule is O=C(O)c1ccc([C@H]2CN(C(=O)C(F)(F)F)CCO2)cc1. The molecule has 5 nitrogen and oxygen atoms in total. The molecular formula is C13H12F3NO4. The van der Waals surface area contributed by atoms with Crippen molar-refractivity contribution in [2.45, 2.75) is 12.3 Å². The Hall–Kier alpha value is -2.09. The van der Waals surface area contributed by atoms with E-state index in [9.17, 15) is 22.8 Å². The lowest BCUT2D eigenvalue weighted by atomic mass is 10.1. The fourth-order valence-corrected chi connectivity index (χ4v) is 2.06. The quantitative estimate of drug-likeness (QED) is 0.905. The van der Waals surface area contributed by atoms with Crippen LogP contribution in [0.4, 0.5) is 13.2 Å². The Morgan fingerprint density at radius 3 is 2.38 bits per heavy atom. The van der Waals surface area contributed by atoms with Gasteiger partial charge < -0.3 is 14.7 Å². The highest BCUT2D eigenvalue weighted by molar-refractivity contribution is 5.87. The molecule has 1 heterocycles. The zero-order valence-corrected chi connectivity index (χ0v) is 10.8. The number of carbonyl (C=O) groups is 2. The van der Waals surface area contributed by atoms with Gasteiger partial charge in [0.15, 0.2) is 0 Å². The van der Waals surface area contributed by atoms with E-state index < -0.39 is 24.2 Å². The van der Waals surface area contributed by atoms with Crippen LogP contribution in [0.15, 0.2) is 24.3 Å². The Morgan fingerprint density at radius 1 is 1.24 bits per heavy atom. The summed E-state index contributed by atoms with van der Waals surface area (Å²) in [5.74, 6) is -2.99. The maximum atomic E-state index is 12.4. The van der Waals surface area contributed by atoms with E-state index in [1.54, 1.807) is 0 Å². The van der Waals surface area contributed by atoms with E-state index in [0.29, 0.717) is 10.5 Å². The average molecular weight is 303 g/mol. The molecule has 0 unspecified atom stereocenters. The number of ether oxygens (including phenoxy) is 1. The van der Waals surface area contributed by atoms with Crippen LogP contribution in [-0.4, -0.2) is 47.8 Å². The van der Waals surface area contributed by atoms with Crippen molar-refractivity contribution in [2.75, 3.05) is 19.7 Å². The summed E-state index contributed by atoms with van der Waals surface area (Å²) in [6, 6.07) is 5.61. The normalized spacial score (nSPS) is 19.4. The van der Waals surface area contributed by atoms with Crippen LogP contribution in [0.25, 0.3) is 0 Å². The highest BCUT2D eigenvalue weighted by Gasteiger charge is 2.43. The van der Waals surface area contributed by atoms with Gasteiger partial charge in [-0.15, -0.1) is 0 Å². The minimum absolute atomic E-state index is 0.00678. The van der Waals surface area contributed by atoms with Crippen LogP contribution in [0.3, 0.4) is 0 Å². The molecule has 1 aromatic rings. The highest BCUT2D eigenvalue weighted by Crippen LogP contribution is 2.26. The second-order valence-electron chi connectivity index (χ2n) is 4.54. The van der Waals surface area contributed by atoms with E-state index in [-0.39, 0.29) is 25.3 Å². The maximum absolute atomic E-state index is 12.4. The number of carboxylic acid groups (broad SMARTS) is 1. The number of morpholine rings is 1. The molecule has 1 amide bonds. The molecule has 1 aromatic carbocycles. The molecule has 8 heteroatoms. The second kappa shape index (κ2) is 5.72. The van der Waals surface area contributed by atoms with Gasteiger partial charge in [-0.05, 0) is 17.7 Å². The summed E-state index contributed by atoms with van der Waals surface area (Å²) >= 11 is 0. The Bertz CT molecular complexity index is 541. The molecule has 21 heavy (non-hydrogen) atoms. The van der Waals surface area contributed by atoms with E-state index in [1.165, 1.54) is 24.3 Å². The van der Waals surface area contributed by atoms with Crippen molar-refractivity contribution in [2.24, 2.45) is 0 Å². The van der Waals surface area contributed by atoms with Crippen LogP contribution in [0, 0.1) is 0 Å². The number of aromatic carboxylic acids is 1. The lowest BCUT2D eigenvalue weighted by Gasteiger charge is -2.33. The molecule has 1 atom stereocenters. The third-order valence-electron chi connectivity index (χ3n) is 3.13. The molecule has 1 aliphatic heterocycles. The molecule has 0 bridgehead atoms. The third-order valence-corrected chi connectivity index (χ3v) is 3.13. The summed E-state index contributed by atoms with van der Waals surface area (Å²) in [5, 5.41) is 8.78. The fraction of sp³-hybridized carbons (Fsp3) is 0.385. The Labute approximate surface area is 117 Å². The smallest absolute Gasteiger partial charge is 0.471 e. The van der Waals surface area contributed by atoms with Crippen molar-refractivity contribution >= 4 is 11.9 Å². The van der Waals surface area contributed by atoms with Crippen molar-refractivity contribution < 1.29 is 32.6 Å². The number of hydrogen-bond acceptors (Lipinski definition) is 3. The molecular weight excluding hydrogens is 291 g/mol. The first-order valence-electron chi connectivity index (χ1n) is 6.10. The largest absolute Gasteiger partial charge is 0.478 e. The molecule has 0 spiro atoms. The monoisotopic (exact) mass is 303 g/mol. The molecule has 2 rings (SSSR count). The van der Waals surface area contributed by atoms with Crippen LogP contribution < -0.4 is 0 Å². The van der Waals surface area contributed by atoms with Crippen LogP contribution in [0.5, 0.6) is 0 Å². The predicted molar refractivity (Wildman–Crippen MR) is 64.7 cm³/mol. The first-order chi connectivity index (χ1) is 9.79. The Morgan fingerprint density at radius 2 is 1.86 bits per heavy atom. The van der Waals surface area contributed by atoms with Crippen molar-refractivity contribution in [1.82, 2.24) is 4.90 Å². The molecule has 0 saturated carbocycles. The molecule has 1 fully saturated rings. The van der Waals surface area contributed by atoms with Gasteiger partial charge in [0.25, 0.3) is 0 Å². The van der Waals surface area contributed by atoms with Gasteiger partial charge in [-0.1, -0.05) is 12.1 Å². The maximum Gasteiger partial charge on any atom is 0.471 e. The topological polar surface area (TPSA) is 66.8 Å². The summed E-state index contributed by atoms with van der Waals surface area (Å²) in [6.07, 6.45) is -5.61. The molecule has 1 N–H and O–H groups in total. The zero-order chi connectivity index (χ0) is 15.6. The predicted octanol–water partition coefficient (Wildman–Crippen LogP) is 1.85. The van der Waals surface area contributed by atoms with Crippen LogP contribution in [0.1, 0.15) is 22.0 Å². The van der Waals surface area contributed by atoms with Crippen LogP contribution in [-0.2, 0) is 9.53 Å². The first kappa shape index (κ1) is 15.3. The summed E-state index contributed by atoms with van der Waals surface area (Å²) < 4.78 is 42.6. The summed E-state index contributed by atoms with van der Waals surface area (Å²) in [6.45, 7) is -0.347. The van der Waals surface area contributed by atoms with E-state index in [4.69, 9.17) is 9.84 Å². The number of amides is 1. The van der Waals surface area contributed by atoms with Crippen molar-refractivity contribution in [3.63, 3.8) is 0 Å². The van der Waals surface area contributed by atoms with Gasteiger partial charge in [-0.3, -0.25) is 4.79 Å². The number of nitrogens with zero attached hydrogens (tertiary/aromatic N) is 1. The third kappa shape index (κ3) is 3.52. The lowest BCUT2D eigenvalue weighted by molar-refractivity contribution is -0.191. The van der Waals surface area contributed by atoms with Crippen LogP contribution >= 0.6 is 0 Å². The van der Waals surface area contributed by atoms with Gasteiger partial charge >= 0.3 is 18.1 Å². The van der Waals surface area contributed by atoms with E-state index in [0.717, 1.165) is 0 Å². The van der Waals surface area contributed by atoms with E-state index in [2.05, 4.69) is 0 Å². The molecule has 1 aliphatic rings. The minimum atomic E-state index is -4.91. The van der Waals surface area contributed by atoms with Gasteiger partial charge in [0, 0.05) is 6.54 Å². The first-order valence-corrected chi connectivity index (χ1v) is 6.10. The number of alkyl halides is 3. The Kier molecular flexibility index (Phi) is 4.17. The van der Waals surface area contributed by atoms with Crippen LogP contribution in [0.2, 0.25) is 0 Å². The number of carbonyl (C=O) groups excluding carboxylic acids is 1. The standard InChI is InChI=1S/C13H12F3NO4/c14-13(15,16)12(20)17-5-6-21-10(7-17)8-1-3-9(4-2-8)11(18)19/h1-4,10H,5-7H2,(H,18,19)/t10-/m1/s1. The van der Waals surface area contributed by atoms with Gasteiger partial charge in [0.1, 0.15) is 6.10 Å². The minimum Gasteiger partial charge on any atom is -0.478 e. The van der Waals surface area contributed by atoms with Gasteiger partial charge in [-0.25, -0.2) is 4.79 Å². The number of hydrogen-bond donors (Lipinski definition) is 1. The fourth-order valence-electron chi connectivity index (χ4n) is 2.06. The molecule has 0 aromatic heterocycles. The number of halogens is 3. The van der Waals surface area contributed by atoms with Crippen molar-refractivity contribution in [1.29, 1.82) is 0 Å². The van der Waals surface area contributed by atoms with Crippen molar-refractivity contribution in [3.05, 3.63) is 35.4 Å². The zero-order valence-electron chi connectivity index (χ0n) is 10.8. The lowest BCUT2D eigenvalue weighted by Crippen LogP contribution is -2.47. The summed E-state index contributed by atoms with van der Waals surface area (Å²) in [5.41, 5.74) is 0.595. The molecule has 0 radical (unpaired) electrons. The van der Waals surface area contributed by atoms with E-state index >= 15 is 0 Å².